The Morgan fingerprint density at radius 2 is 2.22 bits per heavy atom. The predicted molar refractivity (Wildman–Crippen MR) is 105 cm³/mol. The number of aliphatic imine (C=N–C) groups is 1. The average Bonchev–Trinajstić information content (AvgIpc) is 3.18. The van der Waals surface area contributed by atoms with Gasteiger partial charge >= 0.3 is 0 Å². The van der Waals surface area contributed by atoms with Crippen molar-refractivity contribution in [1.82, 2.24) is 20.1 Å². The summed E-state index contributed by atoms with van der Waals surface area (Å²) in [6, 6.07) is 0.632. The highest BCUT2D eigenvalue weighted by molar-refractivity contribution is 14.0. The standard InChI is InChI=1S/C15H25N5OS.HI/c1-12-17-9-14(22-12)10-18-15(16-2)20-4-3-13(11-20)19-5-7-21-8-6-19;/h9,13H,3-8,10-11H2,1-2H3,(H,16,18);1H. The van der Waals surface area contributed by atoms with E-state index < -0.39 is 0 Å². The van der Waals surface area contributed by atoms with Crippen molar-refractivity contribution in [3.63, 3.8) is 0 Å². The zero-order chi connectivity index (χ0) is 15.4. The first kappa shape index (κ1) is 18.9. The maximum absolute atomic E-state index is 5.45. The number of likely N-dealkylation sites (tertiary alicyclic amines) is 1. The lowest BCUT2D eigenvalue weighted by molar-refractivity contribution is 0.0195. The number of guanidine groups is 1. The van der Waals surface area contributed by atoms with E-state index in [4.69, 9.17) is 4.74 Å². The topological polar surface area (TPSA) is 53.0 Å². The molecule has 0 bridgehead atoms. The minimum atomic E-state index is 0. The van der Waals surface area contributed by atoms with Crippen LogP contribution in [-0.2, 0) is 11.3 Å². The molecule has 0 radical (unpaired) electrons. The highest BCUT2D eigenvalue weighted by atomic mass is 127. The van der Waals surface area contributed by atoms with Crippen LogP contribution in [0.5, 0.6) is 0 Å². The van der Waals surface area contributed by atoms with Gasteiger partial charge in [-0.05, 0) is 13.3 Å². The molecule has 1 atom stereocenters. The van der Waals surface area contributed by atoms with E-state index in [1.54, 1.807) is 11.3 Å². The molecule has 1 aromatic rings. The number of rotatable bonds is 3. The number of halogens is 1. The third-order valence-corrected chi connectivity index (χ3v) is 5.24. The summed E-state index contributed by atoms with van der Waals surface area (Å²) in [5, 5.41) is 4.58. The minimum absolute atomic E-state index is 0. The summed E-state index contributed by atoms with van der Waals surface area (Å²) in [4.78, 5) is 14.9. The van der Waals surface area contributed by atoms with Crippen LogP contribution in [0.3, 0.4) is 0 Å². The van der Waals surface area contributed by atoms with Gasteiger partial charge in [0.15, 0.2) is 5.96 Å². The summed E-state index contributed by atoms with van der Waals surface area (Å²) < 4.78 is 5.45. The van der Waals surface area contributed by atoms with Crippen LogP contribution >= 0.6 is 35.3 Å². The molecule has 8 heteroatoms. The smallest absolute Gasteiger partial charge is 0.193 e. The molecule has 0 aromatic carbocycles. The molecule has 2 aliphatic rings. The van der Waals surface area contributed by atoms with Crippen LogP contribution in [0.2, 0.25) is 0 Å². The SMILES string of the molecule is CN=C(NCc1cnc(C)s1)N1CCC(N2CCOCC2)C1.I. The Morgan fingerprint density at radius 1 is 1.43 bits per heavy atom. The van der Waals surface area contributed by atoms with Crippen LogP contribution in [-0.4, -0.2) is 73.2 Å². The molecular weight excluding hydrogens is 425 g/mol. The fraction of sp³-hybridized carbons (Fsp3) is 0.733. The molecule has 1 aromatic heterocycles. The summed E-state index contributed by atoms with van der Waals surface area (Å²) >= 11 is 1.74. The Balaban J connectivity index is 0.00000192. The van der Waals surface area contributed by atoms with Gasteiger partial charge in [-0.1, -0.05) is 0 Å². The fourth-order valence-corrected chi connectivity index (χ4v) is 3.89. The van der Waals surface area contributed by atoms with Crippen LogP contribution in [0, 0.1) is 6.92 Å². The molecule has 23 heavy (non-hydrogen) atoms. The number of morpholine rings is 1. The number of aromatic nitrogens is 1. The van der Waals surface area contributed by atoms with Crippen LogP contribution in [0.1, 0.15) is 16.3 Å². The summed E-state index contributed by atoms with van der Waals surface area (Å²) in [7, 11) is 1.86. The molecule has 0 aliphatic carbocycles. The normalized spacial score (nSPS) is 23.0. The molecule has 0 amide bonds. The van der Waals surface area contributed by atoms with Gasteiger partial charge in [-0.2, -0.15) is 0 Å². The predicted octanol–water partition coefficient (Wildman–Crippen LogP) is 1.55. The van der Waals surface area contributed by atoms with Gasteiger partial charge in [-0.15, -0.1) is 35.3 Å². The van der Waals surface area contributed by atoms with Gasteiger partial charge in [0.25, 0.3) is 0 Å². The van der Waals surface area contributed by atoms with Gasteiger partial charge in [0.1, 0.15) is 0 Å². The van der Waals surface area contributed by atoms with Crippen LogP contribution in [0.25, 0.3) is 0 Å². The van der Waals surface area contributed by atoms with Gasteiger partial charge in [0, 0.05) is 50.3 Å². The molecule has 3 rings (SSSR count). The molecule has 2 saturated heterocycles. The molecule has 0 spiro atoms. The first-order valence-electron chi connectivity index (χ1n) is 7.95. The minimum Gasteiger partial charge on any atom is -0.379 e. The van der Waals surface area contributed by atoms with E-state index in [1.165, 1.54) is 11.3 Å². The largest absolute Gasteiger partial charge is 0.379 e. The number of hydrogen-bond donors (Lipinski definition) is 1. The van der Waals surface area contributed by atoms with E-state index in [-0.39, 0.29) is 24.0 Å². The summed E-state index contributed by atoms with van der Waals surface area (Å²) in [5.41, 5.74) is 0. The molecule has 2 fully saturated rings. The zero-order valence-corrected chi connectivity index (χ0v) is 17.0. The van der Waals surface area contributed by atoms with Crippen LogP contribution < -0.4 is 5.32 Å². The monoisotopic (exact) mass is 451 g/mol. The van der Waals surface area contributed by atoms with E-state index in [9.17, 15) is 0 Å². The number of hydrogen-bond acceptors (Lipinski definition) is 5. The second-order valence-electron chi connectivity index (χ2n) is 5.78. The van der Waals surface area contributed by atoms with E-state index in [2.05, 4.69) is 25.1 Å². The second-order valence-corrected chi connectivity index (χ2v) is 7.10. The molecule has 0 saturated carbocycles. The molecule has 6 nitrogen and oxygen atoms in total. The third-order valence-electron chi connectivity index (χ3n) is 4.33. The van der Waals surface area contributed by atoms with E-state index >= 15 is 0 Å². The van der Waals surface area contributed by atoms with Crippen molar-refractivity contribution >= 4 is 41.3 Å². The summed E-state index contributed by atoms with van der Waals surface area (Å²) in [6.45, 7) is 8.83. The quantitative estimate of drug-likeness (QED) is 0.430. The third kappa shape index (κ3) is 5.01. The molecule has 2 aliphatic heterocycles. The lowest BCUT2D eigenvalue weighted by Gasteiger charge is -2.32. The number of aryl methyl sites for hydroxylation is 1. The van der Waals surface area contributed by atoms with E-state index in [1.807, 2.05) is 20.2 Å². The van der Waals surface area contributed by atoms with Crippen LogP contribution in [0.4, 0.5) is 0 Å². The molecule has 130 valence electrons. The van der Waals surface area contributed by atoms with Crippen molar-refractivity contribution in [2.75, 3.05) is 46.4 Å². The van der Waals surface area contributed by atoms with Crippen molar-refractivity contribution < 1.29 is 4.74 Å². The second kappa shape index (κ2) is 9.14. The van der Waals surface area contributed by atoms with Crippen molar-refractivity contribution in [3.05, 3.63) is 16.1 Å². The van der Waals surface area contributed by atoms with Crippen LogP contribution in [0.15, 0.2) is 11.2 Å². The average molecular weight is 451 g/mol. The Hall–Kier alpha value is -0.450. The molecule has 1 N–H and O–H groups in total. The number of nitrogens with zero attached hydrogens (tertiary/aromatic N) is 4. The Kier molecular flexibility index (Phi) is 7.51. The number of ether oxygens (including phenoxy) is 1. The first-order chi connectivity index (χ1) is 10.8. The molecule has 1 unspecified atom stereocenters. The van der Waals surface area contributed by atoms with Crippen molar-refractivity contribution in [2.45, 2.75) is 25.9 Å². The van der Waals surface area contributed by atoms with Gasteiger partial charge in [0.05, 0.1) is 24.8 Å². The highest BCUT2D eigenvalue weighted by Crippen LogP contribution is 2.17. The van der Waals surface area contributed by atoms with Gasteiger partial charge in [0.2, 0.25) is 0 Å². The first-order valence-corrected chi connectivity index (χ1v) is 8.76. The van der Waals surface area contributed by atoms with Gasteiger partial charge in [-0.3, -0.25) is 9.89 Å². The summed E-state index contributed by atoms with van der Waals surface area (Å²) in [6.07, 6.45) is 3.15. The maximum Gasteiger partial charge on any atom is 0.193 e. The van der Waals surface area contributed by atoms with Crippen molar-refractivity contribution in [3.8, 4) is 0 Å². The maximum atomic E-state index is 5.45. The number of nitrogens with one attached hydrogen (secondary N) is 1. The zero-order valence-electron chi connectivity index (χ0n) is 13.8. The number of thiazole rings is 1. The Labute approximate surface area is 159 Å². The Morgan fingerprint density at radius 3 is 2.87 bits per heavy atom. The molecular formula is C15H26IN5OS. The lowest BCUT2D eigenvalue weighted by Crippen LogP contribution is -2.46. The Bertz CT molecular complexity index is 518. The lowest BCUT2D eigenvalue weighted by atomic mass is 10.2. The molecule has 3 heterocycles. The van der Waals surface area contributed by atoms with Gasteiger partial charge in [-0.25, -0.2) is 4.98 Å². The van der Waals surface area contributed by atoms with E-state index in [0.717, 1.165) is 56.9 Å². The van der Waals surface area contributed by atoms with Crippen molar-refractivity contribution in [2.24, 2.45) is 4.99 Å². The fourth-order valence-electron chi connectivity index (χ4n) is 3.16. The van der Waals surface area contributed by atoms with Gasteiger partial charge < -0.3 is 15.0 Å². The highest BCUT2D eigenvalue weighted by Gasteiger charge is 2.30. The summed E-state index contributed by atoms with van der Waals surface area (Å²) in [5.74, 6) is 1.00. The van der Waals surface area contributed by atoms with E-state index in [0.29, 0.717) is 6.04 Å². The van der Waals surface area contributed by atoms with Crippen molar-refractivity contribution in [1.29, 1.82) is 0 Å².